The van der Waals surface area contributed by atoms with Gasteiger partial charge in [0.2, 0.25) is 5.91 Å². The molecule has 0 aliphatic rings. The first-order valence-corrected chi connectivity index (χ1v) is 5.90. The van der Waals surface area contributed by atoms with E-state index in [-0.39, 0.29) is 12.5 Å². The fourth-order valence-corrected chi connectivity index (χ4v) is 1.67. The predicted octanol–water partition coefficient (Wildman–Crippen LogP) is 0.631. The molecule has 0 saturated carbocycles. The Hall–Kier alpha value is -2.16. The minimum atomic E-state index is -0.168. The zero-order valence-electron chi connectivity index (χ0n) is 10.9. The minimum absolute atomic E-state index is 0.0779. The molecule has 0 atom stereocenters. The van der Waals surface area contributed by atoms with Crippen molar-refractivity contribution in [1.29, 1.82) is 5.26 Å². The molecule has 0 spiro atoms. The molecule has 1 aromatic rings. The second-order valence-electron chi connectivity index (χ2n) is 3.69. The number of anilines is 1. The molecule has 1 heterocycles. The molecule has 2 N–H and O–H groups in total. The fourth-order valence-electron chi connectivity index (χ4n) is 1.67. The first-order valence-electron chi connectivity index (χ1n) is 5.90. The van der Waals surface area contributed by atoms with E-state index in [1.165, 1.54) is 0 Å². The van der Waals surface area contributed by atoms with Crippen molar-refractivity contribution in [3.8, 4) is 6.07 Å². The third-order valence-electron chi connectivity index (χ3n) is 2.65. The summed E-state index contributed by atoms with van der Waals surface area (Å²) in [6.07, 6.45) is 1.46. The average molecular weight is 247 g/mol. The second kappa shape index (κ2) is 6.55. The first-order chi connectivity index (χ1) is 8.67. The number of carbonyl (C=O) groups is 1. The summed E-state index contributed by atoms with van der Waals surface area (Å²) >= 11 is 0. The lowest BCUT2D eigenvalue weighted by molar-refractivity contribution is -0.118. The molecular weight excluding hydrogens is 230 g/mol. The highest BCUT2D eigenvalue weighted by Gasteiger charge is 2.14. The highest BCUT2D eigenvalue weighted by Crippen LogP contribution is 2.19. The molecule has 18 heavy (non-hydrogen) atoms. The molecule has 1 aromatic heterocycles. The van der Waals surface area contributed by atoms with Gasteiger partial charge >= 0.3 is 0 Å². The number of nitriles is 1. The van der Waals surface area contributed by atoms with Gasteiger partial charge in [-0.05, 0) is 18.4 Å². The van der Waals surface area contributed by atoms with Gasteiger partial charge in [-0.25, -0.2) is 0 Å². The Morgan fingerprint density at radius 2 is 2.06 bits per heavy atom. The van der Waals surface area contributed by atoms with Crippen molar-refractivity contribution in [1.82, 2.24) is 15.5 Å². The van der Waals surface area contributed by atoms with E-state index in [9.17, 15) is 10.1 Å². The van der Waals surface area contributed by atoms with Crippen LogP contribution in [0.15, 0.2) is 0 Å². The monoisotopic (exact) mass is 247 g/mol. The summed E-state index contributed by atoms with van der Waals surface area (Å²) in [5.74, 6) is 0.202. The maximum absolute atomic E-state index is 11.2. The van der Waals surface area contributed by atoms with E-state index in [2.05, 4.69) is 26.9 Å². The number of nitrogens with zero attached hydrogens (tertiary/aromatic N) is 3. The highest BCUT2D eigenvalue weighted by molar-refractivity contribution is 5.80. The Balaban J connectivity index is 3.06. The standard InChI is InChI=1S/C12H17N5O/c1-4-8-9(6-13)12(15-7-11(18)14-3)17-16-10(8)5-2/h4-5,7H2,1-3H3,(H,14,18)(H,15,17). The normalized spacial score (nSPS) is 9.67. The number of rotatable bonds is 5. The third kappa shape index (κ3) is 2.94. The van der Waals surface area contributed by atoms with Crippen LogP contribution < -0.4 is 10.6 Å². The van der Waals surface area contributed by atoms with Gasteiger partial charge in [-0.1, -0.05) is 13.8 Å². The summed E-state index contributed by atoms with van der Waals surface area (Å²) < 4.78 is 0. The number of likely N-dealkylation sites (N-methyl/N-ethyl adjacent to an activating group) is 1. The Morgan fingerprint density at radius 3 is 2.56 bits per heavy atom. The smallest absolute Gasteiger partial charge is 0.239 e. The summed E-state index contributed by atoms with van der Waals surface area (Å²) in [6.45, 7) is 4.02. The molecule has 0 unspecified atom stereocenters. The number of carbonyl (C=O) groups excluding carboxylic acids is 1. The quantitative estimate of drug-likeness (QED) is 0.796. The van der Waals surface area contributed by atoms with Crippen LogP contribution in [0.4, 0.5) is 5.82 Å². The van der Waals surface area contributed by atoms with E-state index in [4.69, 9.17) is 0 Å². The predicted molar refractivity (Wildman–Crippen MR) is 68.1 cm³/mol. The molecule has 0 fully saturated rings. The SMILES string of the molecule is CCc1nnc(NCC(=O)NC)c(C#N)c1CC. The van der Waals surface area contributed by atoms with Crippen molar-refractivity contribution >= 4 is 11.7 Å². The van der Waals surface area contributed by atoms with Crippen LogP contribution in [-0.4, -0.2) is 29.7 Å². The third-order valence-corrected chi connectivity index (χ3v) is 2.65. The van der Waals surface area contributed by atoms with Gasteiger partial charge in [-0.15, -0.1) is 5.10 Å². The van der Waals surface area contributed by atoms with Gasteiger partial charge in [0.1, 0.15) is 11.6 Å². The Kier molecular flexibility index (Phi) is 5.06. The Morgan fingerprint density at radius 1 is 1.33 bits per heavy atom. The summed E-state index contributed by atoms with van der Waals surface area (Å²) in [7, 11) is 1.55. The summed E-state index contributed by atoms with van der Waals surface area (Å²) in [5, 5.41) is 22.6. The zero-order valence-corrected chi connectivity index (χ0v) is 10.9. The molecular formula is C12H17N5O. The lowest BCUT2D eigenvalue weighted by Crippen LogP contribution is -2.27. The molecule has 1 rings (SSSR count). The number of aromatic nitrogens is 2. The minimum Gasteiger partial charge on any atom is -0.358 e. The van der Waals surface area contributed by atoms with Gasteiger partial charge < -0.3 is 10.6 Å². The second-order valence-corrected chi connectivity index (χ2v) is 3.69. The van der Waals surface area contributed by atoms with Gasteiger partial charge in [-0.2, -0.15) is 10.4 Å². The fraction of sp³-hybridized carbons (Fsp3) is 0.500. The van der Waals surface area contributed by atoms with E-state index in [0.717, 1.165) is 24.1 Å². The van der Waals surface area contributed by atoms with Crippen LogP contribution in [0.2, 0.25) is 0 Å². The van der Waals surface area contributed by atoms with Crippen molar-refractivity contribution in [3.63, 3.8) is 0 Å². The van der Waals surface area contributed by atoms with Gasteiger partial charge in [0.05, 0.1) is 12.2 Å². The zero-order chi connectivity index (χ0) is 13.5. The van der Waals surface area contributed by atoms with Crippen LogP contribution in [0.5, 0.6) is 0 Å². The maximum Gasteiger partial charge on any atom is 0.239 e. The van der Waals surface area contributed by atoms with E-state index in [0.29, 0.717) is 11.4 Å². The van der Waals surface area contributed by atoms with Crippen LogP contribution in [-0.2, 0) is 17.6 Å². The molecule has 0 aromatic carbocycles. The number of aryl methyl sites for hydroxylation is 1. The number of hydrogen-bond donors (Lipinski definition) is 2. The van der Waals surface area contributed by atoms with Crippen LogP contribution in [0.25, 0.3) is 0 Å². The largest absolute Gasteiger partial charge is 0.358 e. The summed E-state index contributed by atoms with van der Waals surface area (Å²) in [6, 6.07) is 2.13. The van der Waals surface area contributed by atoms with Crippen molar-refractivity contribution < 1.29 is 4.79 Å². The van der Waals surface area contributed by atoms with E-state index in [1.54, 1.807) is 7.05 Å². The van der Waals surface area contributed by atoms with Crippen molar-refractivity contribution in [3.05, 3.63) is 16.8 Å². The van der Waals surface area contributed by atoms with Gasteiger partial charge in [0.25, 0.3) is 0 Å². The molecule has 0 aliphatic heterocycles. The van der Waals surface area contributed by atoms with Crippen molar-refractivity contribution in [2.24, 2.45) is 0 Å². The first kappa shape index (κ1) is 13.9. The summed E-state index contributed by atoms with van der Waals surface area (Å²) in [4.78, 5) is 11.2. The lowest BCUT2D eigenvalue weighted by atomic mass is 10.0. The highest BCUT2D eigenvalue weighted by atomic mass is 16.1. The molecule has 0 aliphatic carbocycles. The lowest BCUT2D eigenvalue weighted by Gasteiger charge is -2.11. The van der Waals surface area contributed by atoms with E-state index >= 15 is 0 Å². The molecule has 0 radical (unpaired) electrons. The molecule has 6 nitrogen and oxygen atoms in total. The van der Waals surface area contributed by atoms with Crippen molar-refractivity contribution in [2.45, 2.75) is 26.7 Å². The van der Waals surface area contributed by atoms with Crippen LogP contribution in [0.3, 0.4) is 0 Å². The van der Waals surface area contributed by atoms with Crippen LogP contribution >= 0.6 is 0 Å². The molecule has 6 heteroatoms. The van der Waals surface area contributed by atoms with E-state index < -0.39 is 0 Å². The molecule has 1 amide bonds. The average Bonchev–Trinajstić information content (AvgIpc) is 2.43. The number of amides is 1. The van der Waals surface area contributed by atoms with Crippen LogP contribution in [0.1, 0.15) is 30.7 Å². The topological polar surface area (TPSA) is 90.7 Å². The molecule has 0 bridgehead atoms. The van der Waals surface area contributed by atoms with Crippen molar-refractivity contribution in [2.75, 3.05) is 18.9 Å². The molecule has 96 valence electrons. The molecule has 0 saturated heterocycles. The maximum atomic E-state index is 11.2. The summed E-state index contributed by atoms with van der Waals surface area (Å²) in [5.41, 5.74) is 2.21. The Bertz CT molecular complexity index is 478. The number of nitrogens with one attached hydrogen (secondary N) is 2. The number of hydrogen-bond acceptors (Lipinski definition) is 5. The van der Waals surface area contributed by atoms with Gasteiger partial charge in [0, 0.05) is 7.05 Å². The Labute approximate surface area is 106 Å². The van der Waals surface area contributed by atoms with Crippen LogP contribution in [0, 0.1) is 11.3 Å². The van der Waals surface area contributed by atoms with E-state index in [1.807, 2.05) is 13.8 Å². The van der Waals surface area contributed by atoms with Gasteiger partial charge in [-0.3, -0.25) is 4.79 Å². The van der Waals surface area contributed by atoms with Gasteiger partial charge in [0.15, 0.2) is 5.82 Å².